The minimum absolute atomic E-state index is 0.0638. The fourth-order valence-corrected chi connectivity index (χ4v) is 2.60. The highest BCUT2D eigenvalue weighted by atomic mass is 79.9. The zero-order valence-electron chi connectivity index (χ0n) is 13.6. The van der Waals surface area contributed by atoms with E-state index in [9.17, 15) is 4.79 Å². The second-order valence-electron chi connectivity index (χ2n) is 5.47. The van der Waals surface area contributed by atoms with Crippen LogP contribution in [0.2, 0.25) is 0 Å². The third kappa shape index (κ3) is 3.40. The summed E-state index contributed by atoms with van der Waals surface area (Å²) >= 11 is 3.42. The van der Waals surface area contributed by atoms with Crippen molar-refractivity contribution in [3.05, 3.63) is 33.8 Å². The number of aromatic nitrogens is 4. The lowest BCUT2D eigenvalue weighted by Crippen LogP contribution is -2.33. The first-order valence-corrected chi connectivity index (χ1v) is 8.18. The monoisotopic (exact) mass is 367 g/mol. The van der Waals surface area contributed by atoms with Gasteiger partial charge >= 0.3 is 0 Å². The lowest BCUT2D eigenvalue weighted by Gasteiger charge is -2.17. The summed E-state index contributed by atoms with van der Waals surface area (Å²) in [4.78, 5) is 12.4. The smallest absolute Gasteiger partial charge is 0.245 e. The zero-order valence-corrected chi connectivity index (χ0v) is 15.2. The molecule has 0 aliphatic carbocycles. The molecule has 22 heavy (non-hydrogen) atoms. The van der Waals surface area contributed by atoms with Gasteiger partial charge in [-0.05, 0) is 50.5 Å². The molecule has 0 fully saturated rings. The van der Waals surface area contributed by atoms with E-state index in [0.717, 1.165) is 28.0 Å². The summed E-state index contributed by atoms with van der Waals surface area (Å²) in [5.41, 5.74) is 2.85. The Morgan fingerprint density at radius 2 is 1.95 bits per heavy atom. The maximum Gasteiger partial charge on any atom is 0.245 e. The van der Waals surface area contributed by atoms with E-state index in [2.05, 4.69) is 31.4 Å². The van der Waals surface area contributed by atoms with E-state index < -0.39 is 0 Å². The molecular weight excluding hydrogens is 346 g/mol. The van der Waals surface area contributed by atoms with Crippen LogP contribution in [0.4, 0.5) is 0 Å². The van der Waals surface area contributed by atoms with Gasteiger partial charge in [0.15, 0.2) is 0 Å². The summed E-state index contributed by atoms with van der Waals surface area (Å²) in [6, 6.07) is -0.454. The van der Waals surface area contributed by atoms with Crippen LogP contribution in [0, 0.1) is 13.8 Å². The summed E-state index contributed by atoms with van der Waals surface area (Å²) in [7, 11) is 0. The van der Waals surface area contributed by atoms with Gasteiger partial charge in [0.2, 0.25) is 5.91 Å². The minimum atomic E-state index is -0.367. The van der Waals surface area contributed by atoms with Crippen LogP contribution in [0.3, 0.4) is 0 Å². The van der Waals surface area contributed by atoms with Gasteiger partial charge < -0.3 is 5.32 Å². The van der Waals surface area contributed by atoms with Crippen molar-refractivity contribution < 1.29 is 4.79 Å². The van der Waals surface area contributed by atoms with Crippen LogP contribution in [-0.4, -0.2) is 25.5 Å². The van der Waals surface area contributed by atoms with Gasteiger partial charge in [0.25, 0.3) is 0 Å². The molecule has 0 saturated heterocycles. The highest BCUT2D eigenvalue weighted by molar-refractivity contribution is 9.10. The van der Waals surface area contributed by atoms with Gasteiger partial charge in [-0.2, -0.15) is 10.2 Å². The van der Waals surface area contributed by atoms with Gasteiger partial charge in [0.05, 0.1) is 21.9 Å². The molecule has 6 nitrogen and oxygen atoms in total. The van der Waals surface area contributed by atoms with Crippen molar-refractivity contribution in [3.63, 3.8) is 0 Å². The molecule has 1 amide bonds. The molecule has 7 heteroatoms. The van der Waals surface area contributed by atoms with Gasteiger partial charge in [-0.15, -0.1) is 0 Å². The fraction of sp³-hybridized carbons (Fsp3) is 0.533. The maximum absolute atomic E-state index is 12.4. The van der Waals surface area contributed by atoms with Crippen LogP contribution in [0.5, 0.6) is 0 Å². The Hall–Kier alpha value is -1.63. The molecule has 2 atom stereocenters. The first kappa shape index (κ1) is 16.7. The maximum atomic E-state index is 12.4. The van der Waals surface area contributed by atoms with Crippen molar-refractivity contribution in [2.75, 3.05) is 0 Å². The number of aryl methyl sites for hydroxylation is 3. The van der Waals surface area contributed by atoms with Gasteiger partial charge in [-0.3, -0.25) is 14.2 Å². The first-order valence-electron chi connectivity index (χ1n) is 7.39. The summed E-state index contributed by atoms with van der Waals surface area (Å²) < 4.78 is 4.45. The van der Waals surface area contributed by atoms with Crippen LogP contribution in [0.1, 0.15) is 49.8 Å². The number of hydrogen-bond donors (Lipinski definition) is 1. The first-order chi connectivity index (χ1) is 10.3. The summed E-state index contributed by atoms with van der Waals surface area (Å²) in [5.74, 6) is -0.0638. The second-order valence-corrected chi connectivity index (χ2v) is 6.33. The molecule has 0 saturated carbocycles. The number of carbonyl (C=O) groups is 1. The number of halogens is 1. The topological polar surface area (TPSA) is 64.7 Å². The van der Waals surface area contributed by atoms with Crippen molar-refractivity contribution in [1.29, 1.82) is 0 Å². The van der Waals surface area contributed by atoms with E-state index >= 15 is 0 Å². The van der Waals surface area contributed by atoms with E-state index in [0.29, 0.717) is 0 Å². The molecule has 2 heterocycles. The van der Waals surface area contributed by atoms with Crippen LogP contribution in [-0.2, 0) is 11.3 Å². The zero-order chi connectivity index (χ0) is 16.4. The predicted octanol–water partition coefficient (Wildman–Crippen LogP) is 2.92. The Kier molecular flexibility index (Phi) is 5.05. The Balaban J connectivity index is 2.08. The number of nitrogens with zero attached hydrogens (tertiary/aromatic N) is 4. The van der Waals surface area contributed by atoms with Gasteiger partial charge in [-0.1, -0.05) is 0 Å². The molecule has 0 aromatic carbocycles. The predicted molar refractivity (Wildman–Crippen MR) is 88.6 cm³/mol. The van der Waals surface area contributed by atoms with Crippen molar-refractivity contribution >= 4 is 21.8 Å². The quantitative estimate of drug-likeness (QED) is 0.883. The van der Waals surface area contributed by atoms with Crippen LogP contribution in [0.25, 0.3) is 0 Å². The molecule has 120 valence electrons. The molecule has 0 radical (unpaired) electrons. The number of hydrogen-bond acceptors (Lipinski definition) is 3. The van der Waals surface area contributed by atoms with Crippen molar-refractivity contribution in [3.8, 4) is 0 Å². The number of amides is 1. The summed E-state index contributed by atoms with van der Waals surface area (Å²) in [5, 5.41) is 11.8. The molecule has 0 aliphatic rings. The molecular formula is C15H22BrN5O. The molecule has 2 aromatic rings. The Bertz CT molecular complexity index is 656. The average molecular weight is 368 g/mol. The van der Waals surface area contributed by atoms with E-state index in [4.69, 9.17) is 0 Å². The molecule has 0 bridgehead atoms. The Morgan fingerprint density at radius 3 is 2.45 bits per heavy atom. The Labute approximate surface area is 139 Å². The summed E-state index contributed by atoms with van der Waals surface area (Å²) in [6.07, 6.45) is 3.81. The third-order valence-corrected chi connectivity index (χ3v) is 4.55. The van der Waals surface area contributed by atoms with Crippen molar-refractivity contribution in [2.45, 2.75) is 53.2 Å². The second kappa shape index (κ2) is 6.64. The molecule has 1 N–H and O–H groups in total. The summed E-state index contributed by atoms with van der Waals surface area (Å²) in [6.45, 7) is 10.5. The normalized spacial score (nSPS) is 13.9. The average Bonchev–Trinajstić information content (AvgIpc) is 3.01. The molecule has 0 unspecified atom stereocenters. The van der Waals surface area contributed by atoms with Crippen LogP contribution < -0.4 is 5.32 Å². The number of rotatable bonds is 5. The fourth-order valence-electron chi connectivity index (χ4n) is 2.31. The SMILES string of the molecule is CCn1cc([C@H](C)NC(=O)[C@H](C)n2cc(Br)c(C)n2)c(C)n1. The number of carbonyl (C=O) groups excluding carboxylic acids is 1. The largest absolute Gasteiger partial charge is 0.348 e. The molecule has 0 aliphatic heterocycles. The van der Waals surface area contributed by atoms with Gasteiger partial charge in [0, 0.05) is 24.5 Å². The standard InChI is InChI=1S/C15H22BrN5O/c1-6-20-7-13(10(3)18-20)9(2)17-15(22)12(5)21-8-14(16)11(4)19-21/h7-9,12H,6H2,1-5H3,(H,17,22)/t9-,12-/m0/s1. The van der Waals surface area contributed by atoms with E-state index in [1.807, 2.05) is 51.7 Å². The minimum Gasteiger partial charge on any atom is -0.348 e. The molecule has 2 aromatic heterocycles. The van der Waals surface area contributed by atoms with Crippen LogP contribution in [0.15, 0.2) is 16.9 Å². The molecule has 0 spiro atoms. The van der Waals surface area contributed by atoms with Crippen LogP contribution >= 0.6 is 15.9 Å². The lowest BCUT2D eigenvalue weighted by molar-refractivity contribution is -0.124. The van der Waals surface area contributed by atoms with E-state index in [-0.39, 0.29) is 18.0 Å². The van der Waals surface area contributed by atoms with Gasteiger partial charge in [-0.25, -0.2) is 0 Å². The van der Waals surface area contributed by atoms with Crippen molar-refractivity contribution in [2.24, 2.45) is 0 Å². The highest BCUT2D eigenvalue weighted by Crippen LogP contribution is 2.19. The van der Waals surface area contributed by atoms with E-state index in [1.54, 1.807) is 4.68 Å². The van der Waals surface area contributed by atoms with E-state index in [1.165, 1.54) is 0 Å². The molecule has 2 rings (SSSR count). The number of nitrogens with one attached hydrogen (secondary N) is 1. The van der Waals surface area contributed by atoms with Gasteiger partial charge in [0.1, 0.15) is 6.04 Å². The third-order valence-electron chi connectivity index (χ3n) is 3.77. The van der Waals surface area contributed by atoms with Crippen molar-refractivity contribution in [1.82, 2.24) is 24.9 Å². The Morgan fingerprint density at radius 1 is 1.27 bits per heavy atom. The lowest BCUT2D eigenvalue weighted by atomic mass is 10.1. The highest BCUT2D eigenvalue weighted by Gasteiger charge is 2.21.